The van der Waals surface area contributed by atoms with Gasteiger partial charge in [0.25, 0.3) is 0 Å². The van der Waals surface area contributed by atoms with Gasteiger partial charge in [0.1, 0.15) is 7.85 Å². The molecule has 0 aliphatic heterocycles. The predicted molar refractivity (Wildman–Crippen MR) is 110 cm³/mol. The summed E-state index contributed by atoms with van der Waals surface area (Å²) >= 11 is 4.02. The lowest BCUT2D eigenvalue weighted by Gasteiger charge is -2.08. The van der Waals surface area contributed by atoms with Crippen molar-refractivity contribution in [3.63, 3.8) is 0 Å². The first-order valence-corrected chi connectivity index (χ1v) is 11.7. The zero-order valence-electron chi connectivity index (χ0n) is 11.7. The molecule has 2 nitrogen and oxygen atoms in total. The van der Waals surface area contributed by atoms with Gasteiger partial charge in [-0.15, -0.1) is 11.3 Å². The van der Waals surface area contributed by atoms with Crippen LogP contribution in [0.5, 0.6) is 0 Å². The van der Waals surface area contributed by atoms with Crippen molar-refractivity contribution in [2.45, 2.75) is 6.42 Å². The first-order valence-electron chi connectivity index (χ1n) is 6.72. The van der Waals surface area contributed by atoms with Crippen LogP contribution in [0.15, 0.2) is 41.8 Å². The van der Waals surface area contributed by atoms with Gasteiger partial charge in [-0.05, 0) is 56.4 Å². The summed E-state index contributed by atoms with van der Waals surface area (Å²) in [5.74, 6) is 0. The molecule has 6 heteroatoms. The molecule has 0 saturated carbocycles. The largest absolute Gasteiger partial charge is 0.358 e. The van der Waals surface area contributed by atoms with Crippen molar-refractivity contribution in [2.75, 3.05) is 5.09 Å². The van der Waals surface area contributed by atoms with Gasteiger partial charge in [0.2, 0.25) is 0 Å². The van der Waals surface area contributed by atoms with Crippen LogP contribution in [0.4, 0.5) is 5.69 Å². The van der Waals surface area contributed by atoms with Crippen LogP contribution in [0.3, 0.4) is 0 Å². The summed E-state index contributed by atoms with van der Waals surface area (Å²) in [6, 6.07) is 12.3. The van der Waals surface area contributed by atoms with Crippen molar-refractivity contribution in [3.8, 4) is 0 Å². The van der Waals surface area contributed by atoms with Gasteiger partial charge >= 0.3 is 0 Å². The van der Waals surface area contributed by atoms with Crippen LogP contribution >= 0.6 is 39.8 Å². The minimum atomic E-state index is 0.599. The van der Waals surface area contributed by atoms with E-state index < -0.39 is 0 Å². The second-order valence-corrected chi connectivity index (χ2v) is 7.88. The SMILES string of the molecule is [B]c1ccc(Cc2csc3c(C=N)c(NPI)ccc23)cc1. The molecule has 1 unspecified atom stereocenters. The number of rotatable bonds is 5. The Kier molecular flexibility index (Phi) is 5.16. The summed E-state index contributed by atoms with van der Waals surface area (Å²) in [7, 11) is 5.74. The van der Waals surface area contributed by atoms with Crippen molar-refractivity contribution < 1.29 is 0 Å². The molecule has 2 N–H and O–H groups in total. The number of benzene rings is 2. The molecular weight excluding hydrogens is 421 g/mol. The van der Waals surface area contributed by atoms with E-state index in [9.17, 15) is 0 Å². The Morgan fingerprint density at radius 1 is 1.23 bits per heavy atom. The normalized spacial score (nSPS) is 11.3. The van der Waals surface area contributed by atoms with Gasteiger partial charge in [-0.3, -0.25) is 0 Å². The van der Waals surface area contributed by atoms with Crippen LogP contribution in [-0.2, 0) is 6.42 Å². The molecule has 0 fully saturated rings. The molecule has 0 aliphatic rings. The lowest BCUT2D eigenvalue weighted by atomic mass is 9.94. The van der Waals surface area contributed by atoms with E-state index in [1.54, 1.807) is 11.3 Å². The molecule has 1 atom stereocenters. The second kappa shape index (κ2) is 7.11. The number of anilines is 1. The molecule has 108 valence electrons. The highest BCUT2D eigenvalue weighted by atomic mass is 127. The average Bonchev–Trinajstić information content (AvgIpc) is 2.93. The molecule has 0 saturated heterocycles. The van der Waals surface area contributed by atoms with E-state index >= 15 is 0 Å². The molecular formula is C16H13BIN2PS. The monoisotopic (exact) mass is 434 g/mol. The Balaban J connectivity index is 2.01. The third kappa shape index (κ3) is 3.22. The minimum absolute atomic E-state index is 0.599. The lowest BCUT2D eigenvalue weighted by Crippen LogP contribution is -2.00. The van der Waals surface area contributed by atoms with Gasteiger partial charge in [-0.25, -0.2) is 0 Å². The Morgan fingerprint density at radius 3 is 2.68 bits per heavy atom. The van der Waals surface area contributed by atoms with Crippen LogP contribution < -0.4 is 10.6 Å². The van der Waals surface area contributed by atoms with Crippen LogP contribution in [-0.4, -0.2) is 14.1 Å². The number of fused-ring (bicyclic) bond motifs is 1. The number of thiophene rings is 1. The van der Waals surface area contributed by atoms with E-state index in [1.165, 1.54) is 27.4 Å². The molecule has 22 heavy (non-hydrogen) atoms. The summed E-state index contributed by atoms with van der Waals surface area (Å²) in [6.45, 7) is 0. The first-order chi connectivity index (χ1) is 10.7. The van der Waals surface area contributed by atoms with Gasteiger partial charge in [-0.2, -0.15) is 0 Å². The predicted octanol–water partition coefficient (Wildman–Crippen LogP) is 4.64. The topological polar surface area (TPSA) is 35.9 Å². The molecule has 0 amide bonds. The maximum absolute atomic E-state index is 7.73. The zero-order valence-corrected chi connectivity index (χ0v) is 15.7. The first kappa shape index (κ1) is 16.0. The molecule has 1 heterocycles. The molecule has 1 aromatic heterocycles. The summed E-state index contributed by atoms with van der Waals surface area (Å²) < 4.78 is 1.18. The van der Waals surface area contributed by atoms with Gasteiger partial charge in [0.05, 0.1) is 0 Å². The molecule has 3 aromatic rings. The Morgan fingerprint density at radius 2 is 2.00 bits per heavy atom. The van der Waals surface area contributed by atoms with Crippen molar-refractivity contribution >= 4 is 75.0 Å². The second-order valence-electron chi connectivity index (χ2n) is 4.95. The highest BCUT2D eigenvalue weighted by Crippen LogP contribution is 2.36. The molecule has 0 spiro atoms. The summed E-state index contributed by atoms with van der Waals surface area (Å²) in [4.78, 5) is 0. The van der Waals surface area contributed by atoms with E-state index in [2.05, 4.69) is 56.8 Å². The highest BCUT2D eigenvalue weighted by molar-refractivity contribution is 14.2. The van der Waals surface area contributed by atoms with Gasteiger partial charge in [-0.1, -0.05) is 35.8 Å². The number of hydrogen-bond acceptors (Lipinski definition) is 3. The van der Waals surface area contributed by atoms with Crippen LogP contribution in [0.25, 0.3) is 10.1 Å². The molecule has 2 radical (unpaired) electrons. The average molecular weight is 434 g/mol. The highest BCUT2D eigenvalue weighted by Gasteiger charge is 2.11. The smallest absolute Gasteiger partial charge is 0.113 e. The minimum Gasteiger partial charge on any atom is -0.358 e. The summed E-state index contributed by atoms with van der Waals surface area (Å²) in [6.07, 6.45) is 2.94. The zero-order chi connectivity index (χ0) is 15.5. The fourth-order valence-corrected chi connectivity index (χ4v) is 4.75. The standard InChI is InChI=1S/C16H13BIN2PS/c17-12-3-1-10(2-4-12)7-11-9-22-16-13(11)5-6-15(20-21-18)14(16)8-19/h1-6,8-9,19-21H,7H2. The van der Waals surface area contributed by atoms with Crippen LogP contribution in [0, 0.1) is 5.41 Å². The lowest BCUT2D eigenvalue weighted by molar-refractivity contribution is 1.23. The van der Waals surface area contributed by atoms with Crippen molar-refractivity contribution in [2.24, 2.45) is 0 Å². The van der Waals surface area contributed by atoms with Gasteiger partial charge in [0, 0.05) is 28.5 Å². The molecule has 3 rings (SSSR count). The third-order valence-corrected chi connectivity index (χ3v) is 5.81. The van der Waals surface area contributed by atoms with E-state index in [1.807, 2.05) is 12.1 Å². The summed E-state index contributed by atoms with van der Waals surface area (Å²) in [5, 5.41) is 14.5. The number of halogens is 1. The van der Waals surface area contributed by atoms with E-state index in [0.717, 1.165) is 23.1 Å². The Bertz CT molecular complexity index is 817. The number of nitrogens with one attached hydrogen (secondary N) is 2. The van der Waals surface area contributed by atoms with E-state index in [-0.39, 0.29) is 0 Å². The van der Waals surface area contributed by atoms with Gasteiger partial charge in [0.15, 0.2) is 0 Å². The fraction of sp³-hybridized carbons (Fsp3) is 0.0625. The van der Waals surface area contributed by atoms with Crippen molar-refractivity contribution in [1.29, 1.82) is 5.41 Å². The molecule has 2 aromatic carbocycles. The van der Waals surface area contributed by atoms with Crippen molar-refractivity contribution in [1.82, 2.24) is 0 Å². The van der Waals surface area contributed by atoms with Gasteiger partial charge < -0.3 is 10.5 Å². The molecule has 0 bridgehead atoms. The quantitative estimate of drug-likeness (QED) is 0.261. The maximum Gasteiger partial charge on any atom is 0.113 e. The maximum atomic E-state index is 7.73. The van der Waals surface area contributed by atoms with Crippen molar-refractivity contribution in [3.05, 3.63) is 58.5 Å². The van der Waals surface area contributed by atoms with Crippen LogP contribution in [0.1, 0.15) is 16.7 Å². The number of hydrogen-bond donors (Lipinski definition) is 2. The Hall–Kier alpha value is -0.905. The summed E-state index contributed by atoms with van der Waals surface area (Å²) in [5.41, 5.74) is 5.37. The fourth-order valence-electron chi connectivity index (χ4n) is 2.47. The van der Waals surface area contributed by atoms with Crippen LogP contribution in [0.2, 0.25) is 0 Å². The third-order valence-electron chi connectivity index (χ3n) is 3.56. The van der Waals surface area contributed by atoms with E-state index in [4.69, 9.17) is 13.3 Å². The Labute approximate surface area is 150 Å². The molecule has 0 aliphatic carbocycles. The van der Waals surface area contributed by atoms with E-state index in [0.29, 0.717) is 6.37 Å².